The van der Waals surface area contributed by atoms with Gasteiger partial charge in [0.25, 0.3) is 0 Å². The van der Waals surface area contributed by atoms with Crippen molar-refractivity contribution in [1.29, 1.82) is 0 Å². The lowest BCUT2D eigenvalue weighted by Gasteiger charge is -2.41. The molecule has 6 rings (SSSR count). The summed E-state index contributed by atoms with van der Waals surface area (Å²) < 4.78 is 5.54. The van der Waals surface area contributed by atoms with E-state index in [1.807, 2.05) is 67.1 Å². The molecule has 3 aliphatic rings. The highest BCUT2D eigenvalue weighted by molar-refractivity contribution is 5.89. The number of alkyl carbamates (subject to hydrolysis) is 1. The van der Waals surface area contributed by atoms with Gasteiger partial charge in [0.2, 0.25) is 11.8 Å². The molecule has 0 bridgehead atoms. The number of amides is 3. The number of carbonyl (C=O) groups is 3. The number of ether oxygens (including phenoxy) is 1. The van der Waals surface area contributed by atoms with Gasteiger partial charge in [-0.25, -0.2) is 4.79 Å². The predicted molar refractivity (Wildman–Crippen MR) is 162 cm³/mol. The number of piperidine rings is 1. The number of benzene rings is 2. The molecule has 2 aromatic carbocycles. The van der Waals surface area contributed by atoms with Crippen molar-refractivity contribution in [2.24, 2.45) is 0 Å². The van der Waals surface area contributed by atoms with Gasteiger partial charge in [-0.05, 0) is 75.6 Å². The number of para-hydroxylation sites is 1. The minimum Gasteiger partial charge on any atom is -0.444 e. The molecule has 2 fully saturated rings. The van der Waals surface area contributed by atoms with Gasteiger partial charge in [-0.2, -0.15) is 0 Å². The summed E-state index contributed by atoms with van der Waals surface area (Å²) in [5.74, 6) is 0.0534. The number of H-pyrrole nitrogens is 1. The average Bonchev–Trinajstić information content (AvgIpc) is 3.71. The van der Waals surface area contributed by atoms with Gasteiger partial charge in [-0.3, -0.25) is 9.59 Å². The first-order valence-corrected chi connectivity index (χ1v) is 15.4. The van der Waals surface area contributed by atoms with Crippen LogP contribution in [0.3, 0.4) is 0 Å². The minimum absolute atomic E-state index is 0.100. The van der Waals surface area contributed by atoms with Gasteiger partial charge in [0.15, 0.2) is 0 Å². The van der Waals surface area contributed by atoms with Gasteiger partial charge in [-0.15, -0.1) is 0 Å². The van der Waals surface area contributed by atoms with Crippen LogP contribution in [0.4, 0.5) is 4.79 Å². The Bertz CT molecular complexity index is 1470. The van der Waals surface area contributed by atoms with Crippen molar-refractivity contribution >= 4 is 28.8 Å². The molecule has 3 heterocycles. The molecule has 0 saturated carbocycles. The van der Waals surface area contributed by atoms with Crippen LogP contribution in [0.1, 0.15) is 75.5 Å². The monoisotopic (exact) mass is 570 g/mol. The molecule has 42 heavy (non-hydrogen) atoms. The Morgan fingerprint density at radius 2 is 1.67 bits per heavy atom. The smallest absolute Gasteiger partial charge is 0.408 e. The summed E-state index contributed by atoms with van der Waals surface area (Å²) in [6.07, 6.45) is 6.25. The number of hydrogen-bond donors (Lipinski definition) is 2. The summed E-state index contributed by atoms with van der Waals surface area (Å²) in [5, 5.41) is 3.92. The normalized spacial score (nSPS) is 20.5. The van der Waals surface area contributed by atoms with Gasteiger partial charge >= 0.3 is 6.09 Å². The fraction of sp³-hybridized carbons (Fsp3) is 0.500. The molecule has 2 atom stereocenters. The molecule has 8 heteroatoms. The maximum absolute atomic E-state index is 14.0. The summed E-state index contributed by atoms with van der Waals surface area (Å²) in [7, 11) is 0. The standard InChI is InChI=1S/C34H42N4O4/c1-33(2,3)42-32(41)36-29(20-23-22-35-28-13-7-5-10-24(23)28)31(40)38-18-14-34(15-19-38)21-26(25-11-4-6-12-27(25)34)30(39)37-16-8-9-17-37/h4-7,10-13,22,26,29,35H,8-9,14-21H2,1-3H3,(H,36,41). The lowest BCUT2D eigenvalue weighted by atomic mass is 9.73. The van der Waals surface area contributed by atoms with Crippen LogP contribution in [0.15, 0.2) is 54.7 Å². The van der Waals surface area contributed by atoms with Gasteiger partial charge in [-0.1, -0.05) is 42.5 Å². The molecule has 1 aliphatic carbocycles. The number of likely N-dealkylation sites (tertiary alicyclic amines) is 2. The first kappa shape index (κ1) is 28.3. The van der Waals surface area contributed by atoms with E-state index in [0.717, 1.165) is 67.2 Å². The third-order valence-corrected chi connectivity index (χ3v) is 9.34. The fourth-order valence-electron chi connectivity index (χ4n) is 7.29. The van der Waals surface area contributed by atoms with Crippen LogP contribution in [0, 0.1) is 0 Å². The Kier molecular flexibility index (Phi) is 7.50. The van der Waals surface area contributed by atoms with E-state index in [4.69, 9.17) is 4.74 Å². The molecular weight excluding hydrogens is 528 g/mol. The number of carbonyl (C=O) groups excluding carboxylic acids is 3. The van der Waals surface area contributed by atoms with Crippen molar-refractivity contribution in [3.63, 3.8) is 0 Å². The molecule has 1 spiro atoms. The Balaban J connectivity index is 1.20. The second-order valence-corrected chi connectivity index (χ2v) is 13.2. The number of nitrogens with one attached hydrogen (secondary N) is 2. The highest BCUT2D eigenvalue weighted by Gasteiger charge is 2.49. The Hall–Kier alpha value is -3.81. The zero-order valence-electron chi connectivity index (χ0n) is 24.9. The van der Waals surface area contributed by atoms with Crippen molar-refractivity contribution in [2.45, 2.75) is 82.3 Å². The number of aromatic amines is 1. The predicted octanol–water partition coefficient (Wildman–Crippen LogP) is 5.27. The lowest BCUT2D eigenvalue weighted by molar-refractivity contribution is -0.136. The van der Waals surface area contributed by atoms with E-state index in [-0.39, 0.29) is 23.1 Å². The van der Waals surface area contributed by atoms with Crippen LogP contribution in [-0.4, -0.2) is 70.5 Å². The number of nitrogens with zero attached hydrogens (tertiary/aromatic N) is 2. The second kappa shape index (κ2) is 11.1. The summed E-state index contributed by atoms with van der Waals surface area (Å²) in [6, 6.07) is 15.6. The highest BCUT2D eigenvalue weighted by atomic mass is 16.6. The van der Waals surface area contributed by atoms with Gasteiger partial charge in [0, 0.05) is 55.1 Å². The van der Waals surface area contributed by atoms with Crippen molar-refractivity contribution in [1.82, 2.24) is 20.1 Å². The molecule has 2 N–H and O–H groups in total. The van der Waals surface area contributed by atoms with E-state index < -0.39 is 17.7 Å². The van der Waals surface area contributed by atoms with E-state index in [9.17, 15) is 14.4 Å². The van der Waals surface area contributed by atoms with Crippen molar-refractivity contribution < 1.29 is 19.1 Å². The molecule has 2 unspecified atom stereocenters. The molecule has 222 valence electrons. The van der Waals surface area contributed by atoms with Crippen molar-refractivity contribution in [3.8, 4) is 0 Å². The lowest BCUT2D eigenvalue weighted by Crippen LogP contribution is -2.54. The number of fused-ring (bicyclic) bond motifs is 3. The molecule has 3 aromatic rings. The van der Waals surface area contributed by atoms with Gasteiger partial charge < -0.3 is 24.8 Å². The zero-order valence-corrected chi connectivity index (χ0v) is 24.9. The van der Waals surface area contributed by atoms with Crippen LogP contribution < -0.4 is 5.32 Å². The van der Waals surface area contributed by atoms with Crippen molar-refractivity contribution in [3.05, 3.63) is 71.4 Å². The number of hydrogen-bond acceptors (Lipinski definition) is 4. The van der Waals surface area contributed by atoms with E-state index in [2.05, 4.69) is 28.5 Å². The molecule has 1 aromatic heterocycles. The largest absolute Gasteiger partial charge is 0.444 e. The maximum Gasteiger partial charge on any atom is 0.408 e. The number of rotatable bonds is 5. The quantitative estimate of drug-likeness (QED) is 0.437. The highest BCUT2D eigenvalue weighted by Crippen LogP contribution is 2.52. The molecule has 3 amide bonds. The first-order valence-electron chi connectivity index (χ1n) is 15.4. The molecule has 8 nitrogen and oxygen atoms in total. The van der Waals surface area contributed by atoms with Crippen LogP contribution in [-0.2, 0) is 26.2 Å². The second-order valence-electron chi connectivity index (χ2n) is 13.2. The van der Waals surface area contributed by atoms with Crippen LogP contribution in [0.25, 0.3) is 10.9 Å². The Labute approximate surface area is 247 Å². The summed E-state index contributed by atoms with van der Waals surface area (Å²) in [6.45, 7) is 8.32. The molecule has 2 aliphatic heterocycles. The Morgan fingerprint density at radius 1 is 0.976 bits per heavy atom. The van der Waals surface area contributed by atoms with Crippen LogP contribution >= 0.6 is 0 Å². The van der Waals surface area contributed by atoms with E-state index in [1.165, 1.54) is 5.56 Å². The topological polar surface area (TPSA) is 94.7 Å². The Morgan fingerprint density at radius 3 is 2.40 bits per heavy atom. The maximum atomic E-state index is 14.0. The summed E-state index contributed by atoms with van der Waals surface area (Å²) in [5.41, 5.74) is 3.62. The van der Waals surface area contributed by atoms with E-state index in [0.29, 0.717) is 19.5 Å². The third-order valence-electron chi connectivity index (χ3n) is 9.34. The minimum atomic E-state index is -0.756. The average molecular weight is 571 g/mol. The summed E-state index contributed by atoms with van der Waals surface area (Å²) >= 11 is 0. The zero-order chi connectivity index (χ0) is 29.5. The SMILES string of the molecule is CC(C)(C)OC(=O)NC(Cc1c[nH]c2ccccc12)C(=O)N1CCC2(CC1)CC(C(=O)N1CCCC1)c1ccccc12. The number of aromatic nitrogens is 1. The molecule has 2 saturated heterocycles. The summed E-state index contributed by atoms with van der Waals surface area (Å²) in [4.78, 5) is 47.7. The fourth-order valence-corrected chi connectivity index (χ4v) is 7.29. The molecular formula is C34H42N4O4. The van der Waals surface area contributed by atoms with E-state index >= 15 is 0 Å². The van der Waals surface area contributed by atoms with Gasteiger partial charge in [0.05, 0.1) is 5.92 Å². The first-order chi connectivity index (χ1) is 20.1. The van der Waals surface area contributed by atoms with Crippen LogP contribution in [0.5, 0.6) is 0 Å². The molecule has 0 radical (unpaired) electrons. The van der Waals surface area contributed by atoms with Crippen LogP contribution in [0.2, 0.25) is 0 Å². The third kappa shape index (κ3) is 5.51. The van der Waals surface area contributed by atoms with E-state index in [1.54, 1.807) is 0 Å². The van der Waals surface area contributed by atoms with Crippen molar-refractivity contribution in [2.75, 3.05) is 26.2 Å². The van der Waals surface area contributed by atoms with Gasteiger partial charge in [0.1, 0.15) is 11.6 Å².